The van der Waals surface area contributed by atoms with Crippen molar-refractivity contribution in [2.24, 2.45) is 12.0 Å². The summed E-state index contributed by atoms with van der Waals surface area (Å²) < 4.78 is 1.92. The van der Waals surface area contributed by atoms with Crippen molar-refractivity contribution < 1.29 is 0 Å². The predicted octanol–water partition coefficient (Wildman–Crippen LogP) is 4.74. The van der Waals surface area contributed by atoms with Crippen LogP contribution in [0.15, 0.2) is 65.7 Å². The van der Waals surface area contributed by atoms with E-state index in [2.05, 4.69) is 90.2 Å². The highest BCUT2D eigenvalue weighted by Gasteiger charge is 2.14. The molecule has 2 N–H and O–H groups in total. The standard InChI is InChI=1S/C25H33N5.HI/c1-5-26-25(28-18-24-19(2)29-30(4)20(24)3)27-17-23(22-14-10-7-11-15-22)16-21-12-8-6-9-13-21;/h6-15,23H,5,16-18H2,1-4H3,(H2,26,27,28);1H. The van der Waals surface area contributed by atoms with E-state index in [1.165, 1.54) is 22.4 Å². The van der Waals surface area contributed by atoms with E-state index in [0.29, 0.717) is 12.5 Å². The molecule has 0 saturated carbocycles. The molecule has 0 bridgehead atoms. The lowest BCUT2D eigenvalue weighted by atomic mass is 9.92. The van der Waals surface area contributed by atoms with Crippen LogP contribution in [0.25, 0.3) is 0 Å². The van der Waals surface area contributed by atoms with E-state index in [0.717, 1.165) is 31.2 Å². The topological polar surface area (TPSA) is 54.2 Å². The third kappa shape index (κ3) is 7.09. The van der Waals surface area contributed by atoms with Crippen LogP contribution in [0.5, 0.6) is 0 Å². The quantitative estimate of drug-likeness (QED) is 0.251. The number of hydrogen-bond acceptors (Lipinski definition) is 2. The van der Waals surface area contributed by atoms with Crippen molar-refractivity contribution in [1.29, 1.82) is 0 Å². The lowest BCUT2D eigenvalue weighted by Gasteiger charge is -2.20. The third-order valence-electron chi connectivity index (χ3n) is 5.51. The number of nitrogens with one attached hydrogen (secondary N) is 2. The van der Waals surface area contributed by atoms with Crippen molar-refractivity contribution in [3.05, 3.63) is 88.7 Å². The molecule has 3 aromatic rings. The van der Waals surface area contributed by atoms with Gasteiger partial charge < -0.3 is 10.6 Å². The van der Waals surface area contributed by atoms with Gasteiger partial charge in [0.2, 0.25) is 0 Å². The van der Waals surface area contributed by atoms with Gasteiger partial charge in [-0.15, -0.1) is 24.0 Å². The molecule has 1 unspecified atom stereocenters. The van der Waals surface area contributed by atoms with Gasteiger partial charge in [0.15, 0.2) is 5.96 Å². The maximum atomic E-state index is 4.83. The van der Waals surface area contributed by atoms with Crippen LogP contribution in [0, 0.1) is 13.8 Å². The molecule has 5 nitrogen and oxygen atoms in total. The molecule has 0 fully saturated rings. The molecule has 0 aliphatic rings. The maximum absolute atomic E-state index is 4.83. The molecule has 6 heteroatoms. The summed E-state index contributed by atoms with van der Waals surface area (Å²) >= 11 is 0. The van der Waals surface area contributed by atoms with Gasteiger partial charge in [-0.2, -0.15) is 5.10 Å². The van der Waals surface area contributed by atoms with Gasteiger partial charge in [-0.1, -0.05) is 60.7 Å². The number of rotatable bonds is 8. The SMILES string of the molecule is CCNC(=NCc1c(C)nn(C)c1C)NCC(Cc1ccccc1)c1ccccc1.I. The zero-order valence-corrected chi connectivity index (χ0v) is 21.3. The van der Waals surface area contributed by atoms with Crippen LogP contribution >= 0.6 is 24.0 Å². The first-order chi connectivity index (χ1) is 14.6. The van der Waals surface area contributed by atoms with Gasteiger partial charge in [0.1, 0.15) is 0 Å². The predicted molar refractivity (Wildman–Crippen MR) is 140 cm³/mol. The average Bonchev–Trinajstić information content (AvgIpc) is 3.01. The van der Waals surface area contributed by atoms with E-state index in [9.17, 15) is 0 Å². The second-order valence-electron chi connectivity index (χ2n) is 7.65. The van der Waals surface area contributed by atoms with Gasteiger partial charge in [-0.05, 0) is 38.3 Å². The van der Waals surface area contributed by atoms with E-state index in [-0.39, 0.29) is 24.0 Å². The Morgan fingerprint density at radius 2 is 1.65 bits per heavy atom. The van der Waals surface area contributed by atoms with Gasteiger partial charge in [0.05, 0.1) is 12.2 Å². The Hall–Kier alpha value is -2.35. The lowest BCUT2D eigenvalue weighted by molar-refractivity contribution is 0.645. The highest BCUT2D eigenvalue weighted by Crippen LogP contribution is 2.20. The summed E-state index contributed by atoms with van der Waals surface area (Å²) in [6.45, 7) is 8.49. The van der Waals surface area contributed by atoms with Crippen LogP contribution in [0.1, 0.15) is 40.9 Å². The van der Waals surface area contributed by atoms with Gasteiger partial charge in [0.25, 0.3) is 0 Å². The average molecular weight is 531 g/mol. The molecule has 1 atom stereocenters. The molecule has 0 aliphatic heterocycles. The van der Waals surface area contributed by atoms with Crippen molar-refractivity contribution in [2.45, 2.75) is 39.7 Å². The van der Waals surface area contributed by atoms with E-state index < -0.39 is 0 Å². The number of guanidine groups is 1. The summed E-state index contributed by atoms with van der Waals surface area (Å²) in [5.74, 6) is 1.20. The molecule has 0 saturated heterocycles. The highest BCUT2D eigenvalue weighted by molar-refractivity contribution is 14.0. The van der Waals surface area contributed by atoms with Gasteiger partial charge in [0, 0.05) is 37.3 Å². The zero-order chi connectivity index (χ0) is 21.3. The lowest BCUT2D eigenvalue weighted by Crippen LogP contribution is -2.39. The summed E-state index contributed by atoms with van der Waals surface area (Å²) in [4.78, 5) is 4.83. The number of benzene rings is 2. The molecule has 0 radical (unpaired) electrons. The van der Waals surface area contributed by atoms with Gasteiger partial charge in [-0.25, -0.2) is 4.99 Å². The number of halogens is 1. The fourth-order valence-corrected chi connectivity index (χ4v) is 3.70. The molecule has 166 valence electrons. The van der Waals surface area contributed by atoms with Gasteiger partial charge >= 0.3 is 0 Å². The largest absolute Gasteiger partial charge is 0.357 e. The Labute approximate surface area is 203 Å². The van der Waals surface area contributed by atoms with Crippen molar-refractivity contribution in [3.8, 4) is 0 Å². The minimum Gasteiger partial charge on any atom is -0.357 e. The Kier molecular flexibility index (Phi) is 10.0. The summed E-state index contributed by atoms with van der Waals surface area (Å²) in [6, 6.07) is 21.4. The zero-order valence-electron chi connectivity index (χ0n) is 18.9. The normalized spacial score (nSPS) is 12.2. The minimum absolute atomic E-state index is 0. The molecule has 3 rings (SSSR count). The van der Waals surface area contributed by atoms with Crippen molar-refractivity contribution in [1.82, 2.24) is 20.4 Å². The summed E-state index contributed by atoms with van der Waals surface area (Å²) in [5.41, 5.74) is 6.08. The van der Waals surface area contributed by atoms with E-state index in [4.69, 9.17) is 4.99 Å². The fourth-order valence-electron chi connectivity index (χ4n) is 3.70. The number of nitrogens with zero attached hydrogens (tertiary/aromatic N) is 3. The van der Waals surface area contributed by atoms with E-state index in [1.807, 2.05) is 18.7 Å². The molecule has 0 aliphatic carbocycles. The van der Waals surface area contributed by atoms with Crippen LogP contribution in [0.4, 0.5) is 0 Å². The molecule has 1 aromatic heterocycles. The number of aromatic nitrogens is 2. The maximum Gasteiger partial charge on any atom is 0.191 e. The third-order valence-corrected chi connectivity index (χ3v) is 5.51. The molecule has 0 amide bonds. The molecule has 0 spiro atoms. The molecule has 31 heavy (non-hydrogen) atoms. The minimum atomic E-state index is 0. The van der Waals surface area contributed by atoms with Crippen molar-refractivity contribution in [2.75, 3.05) is 13.1 Å². The highest BCUT2D eigenvalue weighted by atomic mass is 127. The molecular weight excluding hydrogens is 497 g/mol. The summed E-state index contributed by atoms with van der Waals surface area (Å²) in [6.07, 6.45) is 0.984. The van der Waals surface area contributed by atoms with Crippen molar-refractivity contribution in [3.63, 3.8) is 0 Å². The smallest absolute Gasteiger partial charge is 0.191 e. The Balaban J connectivity index is 0.00000341. The van der Waals surface area contributed by atoms with Gasteiger partial charge in [-0.3, -0.25) is 4.68 Å². The number of aryl methyl sites for hydroxylation is 2. The van der Waals surface area contributed by atoms with Crippen molar-refractivity contribution >= 4 is 29.9 Å². The second-order valence-corrected chi connectivity index (χ2v) is 7.65. The summed E-state index contributed by atoms with van der Waals surface area (Å²) in [5, 5.41) is 11.4. The number of hydrogen-bond donors (Lipinski definition) is 2. The molecule has 1 heterocycles. The summed E-state index contributed by atoms with van der Waals surface area (Å²) in [7, 11) is 1.98. The number of aliphatic imine (C=N–C) groups is 1. The monoisotopic (exact) mass is 531 g/mol. The Morgan fingerprint density at radius 3 is 2.23 bits per heavy atom. The molecule has 2 aromatic carbocycles. The van der Waals surface area contributed by atoms with E-state index in [1.54, 1.807) is 0 Å². The first-order valence-corrected chi connectivity index (χ1v) is 10.7. The van der Waals surface area contributed by atoms with Crippen LogP contribution in [0.3, 0.4) is 0 Å². The van der Waals surface area contributed by atoms with Crippen LogP contribution in [-0.4, -0.2) is 28.8 Å². The second kappa shape index (κ2) is 12.5. The van der Waals surface area contributed by atoms with Crippen LogP contribution in [0.2, 0.25) is 0 Å². The van der Waals surface area contributed by atoms with Crippen LogP contribution < -0.4 is 10.6 Å². The van der Waals surface area contributed by atoms with Crippen LogP contribution in [-0.2, 0) is 20.0 Å². The first kappa shape index (κ1) is 24.9. The Morgan fingerprint density at radius 1 is 1.00 bits per heavy atom. The first-order valence-electron chi connectivity index (χ1n) is 10.7. The molecular formula is C25H34IN5. The van der Waals surface area contributed by atoms with E-state index >= 15 is 0 Å². The fraction of sp³-hybridized carbons (Fsp3) is 0.360. The Bertz CT molecular complexity index is 951.